The predicted octanol–water partition coefficient (Wildman–Crippen LogP) is 3.98. The number of methoxy groups -OCH3 is 1. The number of hydrogen-bond donors (Lipinski definition) is 0. The van der Waals surface area contributed by atoms with Gasteiger partial charge in [0.1, 0.15) is 11.5 Å². The van der Waals surface area contributed by atoms with Crippen molar-refractivity contribution in [3.8, 4) is 23.0 Å². The Morgan fingerprint density at radius 1 is 1.00 bits per heavy atom. The Labute approximate surface area is 132 Å². The van der Waals surface area contributed by atoms with Crippen LogP contribution in [-0.4, -0.2) is 17.3 Å². The largest absolute Gasteiger partial charge is 0.496 e. The van der Waals surface area contributed by atoms with Crippen LogP contribution in [0.3, 0.4) is 0 Å². The quantitative estimate of drug-likeness (QED) is 0.712. The van der Waals surface area contributed by atoms with Crippen molar-refractivity contribution in [3.63, 3.8) is 0 Å². The topological polar surface area (TPSA) is 57.4 Å². The van der Waals surface area contributed by atoms with Crippen molar-refractivity contribution in [3.05, 3.63) is 59.4 Å². The molecule has 0 radical (unpaired) electrons. The number of halogens is 1. The second-order valence-corrected chi connectivity index (χ2v) is 4.83. The maximum atomic E-state index is 6.02. The summed E-state index contributed by atoms with van der Waals surface area (Å²) in [6, 6.07) is 14.6. The summed E-state index contributed by atoms with van der Waals surface area (Å²) in [6.45, 7) is 0.145. The summed E-state index contributed by atoms with van der Waals surface area (Å²) in [6.07, 6.45) is 0. The fraction of sp³-hybridized carbons (Fsp3) is 0.125. The number of benzene rings is 2. The lowest BCUT2D eigenvalue weighted by molar-refractivity contribution is 0.264. The van der Waals surface area contributed by atoms with Crippen LogP contribution in [-0.2, 0) is 6.61 Å². The summed E-state index contributed by atoms with van der Waals surface area (Å²) in [7, 11) is 1.59. The molecule has 22 heavy (non-hydrogen) atoms. The summed E-state index contributed by atoms with van der Waals surface area (Å²) < 4.78 is 16.5. The van der Waals surface area contributed by atoms with E-state index in [0.717, 1.165) is 5.56 Å². The maximum Gasteiger partial charge on any atom is 0.254 e. The molecule has 2 aromatic carbocycles. The number of nitrogens with zero attached hydrogens (tertiary/aromatic N) is 2. The van der Waals surface area contributed by atoms with Crippen LogP contribution in [0.5, 0.6) is 11.5 Å². The van der Waals surface area contributed by atoms with Crippen molar-refractivity contribution < 1.29 is 13.9 Å². The fourth-order valence-corrected chi connectivity index (χ4v) is 2.13. The molecule has 0 unspecified atom stereocenters. The van der Waals surface area contributed by atoms with E-state index in [0.29, 0.717) is 28.3 Å². The lowest BCUT2D eigenvalue weighted by Gasteiger charge is -2.05. The molecule has 0 aliphatic rings. The standard InChI is InChI=1S/C16H13ClN2O3/c1-20-13-8-4-2-6-11(13)16-19-18-15(22-16)10-21-14-9-5-3-7-12(14)17/h2-9H,10H2,1H3. The van der Waals surface area contributed by atoms with Gasteiger partial charge in [-0.25, -0.2) is 0 Å². The van der Waals surface area contributed by atoms with Gasteiger partial charge in [0.05, 0.1) is 17.7 Å². The van der Waals surface area contributed by atoms with Crippen LogP contribution in [0.15, 0.2) is 52.9 Å². The van der Waals surface area contributed by atoms with E-state index < -0.39 is 0 Å². The van der Waals surface area contributed by atoms with Crippen LogP contribution in [0.4, 0.5) is 0 Å². The molecular formula is C16H13ClN2O3. The minimum atomic E-state index is 0.145. The van der Waals surface area contributed by atoms with Crippen LogP contribution >= 0.6 is 11.6 Å². The van der Waals surface area contributed by atoms with Crippen molar-refractivity contribution >= 4 is 11.6 Å². The first-order valence-corrected chi connectivity index (χ1v) is 6.99. The molecule has 0 atom stereocenters. The number of rotatable bonds is 5. The second kappa shape index (κ2) is 6.49. The van der Waals surface area contributed by atoms with Crippen molar-refractivity contribution in [2.75, 3.05) is 7.11 Å². The second-order valence-electron chi connectivity index (χ2n) is 4.42. The van der Waals surface area contributed by atoms with Gasteiger partial charge in [-0.05, 0) is 24.3 Å². The minimum Gasteiger partial charge on any atom is -0.496 e. The third-order valence-electron chi connectivity index (χ3n) is 2.99. The monoisotopic (exact) mass is 316 g/mol. The number of aromatic nitrogens is 2. The number of ether oxygens (including phenoxy) is 2. The highest BCUT2D eigenvalue weighted by molar-refractivity contribution is 6.32. The van der Waals surface area contributed by atoms with Gasteiger partial charge >= 0.3 is 0 Å². The van der Waals surface area contributed by atoms with E-state index in [2.05, 4.69) is 10.2 Å². The van der Waals surface area contributed by atoms with E-state index in [9.17, 15) is 0 Å². The molecule has 0 bridgehead atoms. The van der Waals surface area contributed by atoms with E-state index in [4.69, 9.17) is 25.5 Å². The highest BCUT2D eigenvalue weighted by Gasteiger charge is 2.13. The molecule has 0 aliphatic carbocycles. The predicted molar refractivity (Wildman–Crippen MR) is 82.1 cm³/mol. The van der Waals surface area contributed by atoms with Gasteiger partial charge in [-0.1, -0.05) is 35.9 Å². The Morgan fingerprint density at radius 3 is 2.50 bits per heavy atom. The minimum absolute atomic E-state index is 0.145. The number of hydrogen-bond acceptors (Lipinski definition) is 5. The summed E-state index contributed by atoms with van der Waals surface area (Å²) >= 11 is 6.02. The molecule has 0 spiro atoms. The van der Waals surface area contributed by atoms with E-state index >= 15 is 0 Å². The van der Waals surface area contributed by atoms with Gasteiger partial charge in [0.15, 0.2) is 6.61 Å². The first kappa shape index (κ1) is 14.4. The third kappa shape index (κ3) is 3.04. The summed E-state index contributed by atoms with van der Waals surface area (Å²) in [5, 5.41) is 8.53. The average Bonchev–Trinajstić information content (AvgIpc) is 3.03. The molecule has 112 valence electrons. The zero-order chi connectivity index (χ0) is 15.4. The van der Waals surface area contributed by atoms with Crippen LogP contribution in [0.2, 0.25) is 5.02 Å². The molecule has 3 aromatic rings. The molecule has 0 aliphatic heterocycles. The lowest BCUT2D eigenvalue weighted by atomic mass is 10.2. The van der Waals surface area contributed by atoms with E-state index in [1.165, 1.54) is 0 Å². The Kier molecular flexibility index (Phi) is 4.25. The summed E-state index contributed by atoms with van der Waals surface area (Å²) in [5.41, 5.74) is 0.737. The maximum absolute atomic E-state index is 6.02. The zero-order valence-corrected chi connectivity index (χ0v) is 12.6. The molecule has 3 rings (SSSR count). The van der Waals surface area contributed by atoms with Gasteiger partial charge in [-0.15, -0.1) is 10.2 Å². The zero-order valence-electron chi connectivity index (χ0n) is 11.8. The van der Waals surface area contributed by atoms with Gasteiger partial charge in [-0.3, -0.25) is 0 Å². The van der Waals surface area contributed by atoms with E-state index in [1.54, 1.807) is 19.2 Å². The summed E-state index contributed by atoms with van der Waals surface area (Å²) in [4.78, 5) is 0. The molecule has 0 amide bonds. The SMILES string of the molecule is COc1ccccc1-c1nnc(COc2ccccc2Cl)o1. The first-order valence-electron chi connectivity index (χ1n) is 6.61. The normalized spacial score (nSPS) is 10.5. The molecule has 0 saturated heterocycles. The van der Waals surface area contributed by atoms with Crippen LogP contribution in [0.1, 0.15) is 5.89 Å². The molecule has 6 heteroatoms. The van der Waals surface area contributed by atoms with Gasteiger partial charge < -0.3 is 13.9 Å². The summed E-state index contributed by atoms with van der Waals surface area (Å²) in [5.74, 6) is 1.99. The van der Waals surface area contributed by atoms with Crippen LogP contribution < -0.4 is 9.47 Å². The van der Waals surface area contributed by atoms with Crippen molar-refractivity contribution in [1.82, 2.24) is 10.2 Å². The fourth-order valence-electron chi connectivity index (χ4n) is 1.94. The molecule has 0 fully saturated rings. The van der Waals surface area contributed by atoms with Crippen LogP contribution in [0, 0.1) is 0 Å². The van der Waals surface area contributed by atoms with Crippen molar-refractivity contribution in [2.24, 2.45) is 0 Å². The first-order chi connectivity index (χ1) is 10.8. The highest BCUT2D eigenvalue weighted by atomic mass is 35.5. The molecule has 0 saturated carbocycles. The van der Waals surface area contributed by atoms with Crippen molar-refractivity contribution in [1.29, 1.82) is 0 Å². The molecule has 1 heterocycles. The van der Waals surface area contributed by atoms with E-state index in [1.807, 2.05) is 36.4 Å². The van der Waals surface area contributed by atoms with Gasteiger partial charge in [0.25, 0.3) is 11.8 Å². The van der Waals surface area contributed by atoms with Crippen molar-refractivity contribution in [2.45, 2.75) is 6.61 Å². The highest BCUT2D eigenvalue weighted by Crippen LogP contribution is 2.29. The Balaban J connectivity index is 1.75. The molecule has 0 N–H and O–H groups in total. The molecule has 1 aromatic heterocycles. The van der Waals surface area contributed by atoms with Gasteiger partial charge in [-0.2, -0.15) is 0 Å². The number of para-hydroxylation sites is 2. The Morgan fingerprint density at radius 2 is 1.73 bits per heavy atom. The Bertz CT molecular complexity index is 773. The van der Waals surface area contributed by atoms with Gasteiger partial charge in [0.2, 0.25) is 0 Å². The molecule has 5 nitrogen and oxygen atoms in total. The molecular weight excluding hydrogens is 304 g/mol. The average molecular weight is 317 g/mol. The lowest BCUT2D eigenvalue weighted by Crippen LogP contribution is -1.96. The Hall–Kier alpha value is -2.53. The smallest absolute Gasteiger partial charge is 0.254 e. The van der Waals surface area contributed by atoms with Gasteiger partial charge in [0, 0.05) is 0 Å². The van der Waals surface area contributed by atoms with E-state index in [-0.39, 0.29) is 6.61 Å². The third-order valence-corrected chi connectivity index (χ3v) is 3.30. The van der Waals surface area contributed by atoms with Crippen LogP contribution in [0.25, 0.3) is 11.5 Å².